The van der Waals surface area contributed by atoms with Gasteiger partial charge in [0.2, 0.25) is 0 Å². The Morgan fingerprint density at radius 2 is 2.17 bits per heavy atom. The minimum atomic E-state index is -0.967. The summed E-state index contributed by atoms with van der Waals surface area (Å²) in [6, 6.07) is 7.03. The summed E-state index contributed by atoms with van der Waals surface area (Å²) >= 11 is 6.92. The molecule has 0 unspecified atom stereocenters. The van der Waals surface area contributed by atoms with E-state index in [0.29, 0.717) is 5.75 Å². The van der Waals surface area contributed by atoms with Gasteiger partial charge < -0.3 is 9.84 Å². The van der Waals surface area contributed by atoms with Crippen molar-refractivity contribution in [3.63, 3.8) is 0 Å². The van der Waals surface area contributed by atoms with Crippen LogP contribution in [0.3, 0.4) is 0 Å². The molecule has 0 aliphatic rings. The van der Waals surface area contributed by atoms with E-state index in [0.717, 1.165) is 22.3 Å². The second-order valence-corrected chi connectivity index (χ2v) is 5.01. The first-order chi connectivity index (χ1) is 8.56. The molecule has 1 aromatic carbocycles. The zero-order valence-electron chi connectivity index (χ0n) is 9.02. The summed E-state index contributed by atoms with van der Waals surface area (Å²) < 4.78 is 18.2. The molecule has 0 aliphatic carbocycles. The van der Waals surface area contributed by atoms with E-state index in [1.165, 1.54) is 18.2 Å². The van der Waals surface area contributed by atoms with Gasteiger partial charge in [0.1, 0.15) is 23.1 Å². The van der Waals surface area contributed by atoms with Gasteiger partial charge in [-0.05, 0) is 30.3 Å². The number of aromatic carboxylic acids is 1. The summed E-state index contributed by atoms with van der Waals surface area (Å²) in [7, 11) is 0. The van der Waals surface area contributed by atoms with Crippen molar-refractivity contribution < 1.29 is 19.0 Å². The van der Waals surface area contributed by atoms with Crippen molar-refractivity contribution in [2.24, 2.45) is 0 Å². The van der Waals surface area contributed by atoms with Gasteiger partial charge in [-0.15, -0.1) is 11.3 Å². The van der Waals surface area contributed by atoms with Crippen LogP contribution in [-0.4, -0.2) is 11.1 Å². The Hall–Kier alpha value is -1.59. The second-order valence-electron chi connectivity index (χ2n) is 3.43. The quantitative estimate of drug-likeness (QED) is 0.929. The monoisotopic (exact) mass is 286 g/mol. The van der Waals surface area contributed by atoms with Crippen molar-refractivity contribution >= 4 is 28.9 Å². The van der Waals surface area contributed by atoms with Gasteiger partial charge in [-0.1, -0.05) is 11.6 Å². The number of rotatable bonds is 4. The summed E-state index contributed by atoms with van der Waals surface area (Å²) in [5.74, 6) is -1.04. The van der Waals surface area contributed by atoms with Crippen LogP contribution in [0.2, 0.25) is 5.02 Å². The summed E-state index contributed by atoms with van der Waals surface area (Å²) in [6.45, 7) is 0.198. The number of thiophene rings is 1. The molecule has 1 N–H and O–H groups in total. The molecule has 0 bridgehead atoms. The van der Waals surface area contributed by atoms with E-state index in [1.54, 1.807) is 6.07 Å². The van der Waals surface area contributed by atoms with Crippen LogP contribution in [0.15, 0.2) is 30.3 Å². The first kappa shape index (κ1) is 12.9. The van der Waals surface area contributed by atoms with Crippen molar-refractivity contribution in [3.8, 4) is 5.75 Å². The minimum Gasteiger partial charge on any atom is -0.487 e. The number of ether oxygens (including phenoxy) is 1. The normalized spacial score (nSPS) is 10.3. The lowest BCUT2D eigenvalue weighted by Gasteiger charge is -2.06. The van der Waals surface area contributed by atoms with Gasteiger partial charge in [-0.2, -0.15) is 0 Å². The lowest BCUT2D eigenvalue weighted by molar-refractivity contribution is 0.0702. The van der Waals surface area contributed by atoms with Crippen LogP contribution in [0, 0.1) is 5.82 Å². The fourth-order valence-corrected chi connectivity index (χ4v) is 2.29. The van der Waals surface area contributed by atoms with Crippen LogP contribution in [0.1, 0.15) is 14.5 Å². The van der Waals surface area contributed by atoms with E-state index in [9.17, 15) is 9.18 Å². The molecule has 1 aromatic heterocycles. The zero-order valence-corrected chi connectivity index (χ0v) is 10.6. The molecule has 0 aliphatic heterocycles. The Labute approximate surface area is 111 Å². The molecule has 3 nitrogen and oxygen atoms in total. The highest BCUT2D eigenvalue weighted by Gasteiger charge is 2.08. The zero-order chi connectivity index (χ0) is 13.1. The third-order valence-electron chi connectivity index (χ3n) is 2.14. The van der Waals surface area contributed by atoms with E-state index in [4.69, 9.17) is 21.4 Å². The van der Waals surface area contributed by atoms with Gasteiger partial charge in [-0.25, -0.2) is 9.18 Å². The molecule has 0 radical (unpaired) electrons. The fourth-order valence-electron chi connectivity index (χ4n) is 1.31. The highest BCUT2D eigenvalue weighted by molar-refractivity contribution is 7.13. The lowest BCUT2D eigenvalue weighted by atomic mass is 10.3. The largest absolute Gasteiger partial charge is 0.487 e. The van der Waals surface area contributed by atoms with Crippen LogP contribution < -0.4 is 4.74 Å². The summed E-state index contributed by atoms with van der Waals surface area (Å²) in [4.78, 5) is 11.7. The molecule has 0 amide bonds. The predicted molar refractivity (Wildman–Crippen MR) is 67.0 cm³/mol. The van der Waals surface area contributed by atoms with Crippen molar-refractivity contribution in [2.45, 2.75) is 6.61 Å². The van der Waals surface area contributed by atoms with Crippen molar-refractivity contribution in [2.75, 3.05) is 0 Å². The highest BCUT2D eigenvalue weighted by atomic mass is 35.5. The molecular weight excluding hydrogens is 279 g/mol. The van der Waals surface area contributed by atoms with Gasteiger partial charge in [0.05, 0.1) is 5.02 Å². The maximum Gasteiger partial charge on any atom is 0.345 e. The molecule has 0 atom stereocenters. The van der Waals surface area contributed by atoms with Gasteiger partial charge in [0, 0.05) is 4.88 Å². The smallest absolute Gasteiger partial charge is 0.345 e. The van der Waals surface area contributed by atoms with Gasteiger partial charge in [0.25, 0.3) is 0 Å². The minimum absolute atomic E-state index is 0.185. The molecule has 0 saturated heterocycles. The second kappa shape index (κ2) is 5.37. The molecule has 2 aromatic rings. The summed E-state index contributed by atoms with van der Waals surface area (Å²) in [6.07, 6.45) is 0. The number of hydrogen-bond acceptors (Lipinski definition) is 3. The molecule has 0 spiro atoms. The average molecular weight is 287 g/mol. The Morgan fingerprint density at radius 3 is 2.78 bits per heavy atom. The number of carboxylic acid groups (broad SMARTS) is 1. The molecule has 2 rings (SSSR count). The molecular formula is C12H8ClFO3S. The summed E-state index contributed by atoms with van der Waals surface area (Å²) in [5, 5.41) is 8.95. The Kier molecular flexibility index (Phi) is 3.84. The Balaban J connectivity index is 2.04. The molecule has 18 heavy (non-hydrogen) atoms. The number of hydrogen-bond donors (Lipinski definition) is 1. The highest BCUT2D eigenvalue weighted by Crippen LogP contribution is 2.26. The van der Waals surface area contributed by atoms with Crippen LogP contribution in [0.5, 0.6) is 5.75 Å². The average Bonchev–Trinajstić information content (AvgIpc) is 2.76. The van der Waals surface area contributed by atoms with E-state index in [2.05, 4.69) is 0 Å². The number of carboxylic acids is 1. The van der Waals surface area contributed by atoms with Crippen molar-refractivity contribution in [3.05, 3.63) is 50.9 Å². The van der Waals surface area contributed by atoms with Crippen LogP contribution >= 0.6 is 22.9 Å². The maximum atomic E-state index is 12.8. The Morgan fingerprint density at radius 1 is 1.39 bits per heavy atom. The standard InChI is InChI=1S/C12H8ClFO3S/c13-9-5-7(14)1-3-10(9)17-6-8-2-4-11(18-8)12(15)16/h1-5H,6H2,(H,15,16). The van der Waals surface area contributed by atoms with E-state index < -0.39 is 11.8 Å². The first-order valence-electron chi connectivity index (χ1n) is 4.96. The van der Waals surface area contributed by atoms with Gasteiger partial charge >= 0.3 is 5.97 Å². The molecule has 6 heteroatoms. The summed E-state index contributed by atoms with van der Waals surface area (Å²) in [5.41, 5.74) is 0. The maximum absolute atomic E-state index is 12.8. The van der Waals surface area contributed by atoms with Crippen LogP contribution in [-0.2, 0) is 6.61 Å². The Bertz CT molecular complexity index is 582. The molecule has 1 heterocycles. The van der Waals surface area contributed by atoms with E-state index in [-0.39, 0.29) is 16.5 Å². The third kappa shape index (κ3) is 3.00. The number of carbonyl (C=O) groups is 1. The number of halogens is 2. The first-order valence-corrected chi connectivity index (χ1v) is 6.15. The predicted octanol–water partition coefficient (Wildman–Crippen LogP) is 3.82. The topological polar surface area (TPSA) is 46.5 Å². The third-order valence-corrected chi connectivity index (χ3v) is 3.48. The van der Waals surface area contributed by atoms with Crippen molar-refractivity contribution in [1.82, 2.24) is 0 Å². The van der Waals surface area contributed by atoms with Crippen LogP contribution in [0.4, 0.5) is 4.39 Å². The number of benzene rings is 1. The van der Waals surface area contributed by atoms with Crippen LogP contribution in [0.25, 0.3) is 0 Å². The van der Waals surface area contributed by atoms with E-state index in [1.807, 2.05) is 0 Å². The molecule has 0 fully saturated rings. The van der Waals surface area contributed by atoms with E-state index >= 15 is 0 Å². The van der Waals surface area contributed by atoms with Gasteiger partial charge in [0.15, 0.2) is 0 Å². The van der Waals surface area contributed by atoms with Crippen molar-refractivity contribution in [1.29, 1.82) is 0 Å². The fraction of sp³-hybridized carbons (Fsp3) is 0.0833. The molecule has 94 valence electrons. The SMILES string of the molecule is O=C(O)c1ccc(COc2ccc(F)cc2Cl)s1. The lowest BCUT2D eigenvalue weighted by Crippen LogP contribution is -1.94. The molecule has 0 saturated carbocycles. The van der Waals surface area contributed by atoms with Gasteiger partial charge in [-0.3, -0.25) is 0 Å².